The number of ether oxygens (including phenoxy) is 2. The predicted molar refractivity (Wildman–Crippen MR) is 124 cm³/mol. The molecular weight excluding hydrogens is 396 g/mol. The Hall–Kier alpha value is -3.06. The normalized spacial score (nSPS) is 11.4. The van der Waals surface area contributed by atoms with E-state index in [-0.39, 0.29) is 0 Å². The molecule has 0 radical (unpaired) electrons. The van der Waals surface area contributed by atoms with Gasteiger partial charge in [0.05, 0.1) is 24.9 Å². The molecule has 0 aliphatic heterocycles. The quantitative estimate of drug-likeness (QED) is 0.403. The maximum atomic E-state index is 5.99. The Morgan fingerprint density at radius 1 is 1.03 bits per heavy atom. The van der Waals surface area contributed by atoms with Crippen molar-refractivity contribution in [2.24, 2.45) is 10.7 Å². The number of methoxy groups -OCH3 is 2. The van der Waals surface area contributed by atoms with E-state index in [2.05, 4.69) is 44.9 Å². The van der Waals surface area contributed by atoms with E-state index < -0.39 is 0 Å². The van der Waals surface area contributed by atoms with Gasteiger partial charge in [-0.25, -0.2) is 4.98 Å². The van der Waals surface area contributed by atoms with E-state index >= 15 is 0 Å². The average molecular weight is 425 g/mol. The van der Waals surface area contributed by atoms with E-state index in [0.29, 0.717) is 19.0 Å². The van der Waals surface area contributed by atoms with E-state index in [1.165, 1.54) is 5.56 Å². The summed E-state index contributed by atoms with van der Waals surface area (Å²) < 4.78 is 10.6. The molecule has 0 bridgehead atoms. The second-order valence-corrected chi connectivity index (χ2v) is 7.89. The van der Waals surface area contributed by atoms with Crippen LogP contribution in [0.4, 0.5) is 0 Å². The molecule has 6 nitrogen and oxygen atoms in total. The van der Waals surface area contributed by atoms with Gasteiger partial charge in [0.1, 0.15) is 0 Å². The number of rotatable bonds is 9. The second kappa shape index (κ2) is 10.6. The lowest BCUT2D eigenvalue weighted by Crippen LogP contribution is -2.33. The van der Waals surface area contributed by atoms with Crippen LogP contribution in [0, 0.1) is 6.92 Å². The number of hydrogen-bond donors (Lipinski definition) is 2. The van der Waals surface area contributed by atoms with Crippen molar-refractivity contribution >= 4 is 17.3 Å². The van der Waals surface area contributed by atoms with Gasteiger partial charge in [0.15, 0.2) is 17.5 Å². The Morgan fingerprint density at radius 3 is 2.43 bits per heavy atom. The third kappa shape index (κ3) is 5.97. The van der Waals surface area contributed by atoms with Gasteiger partial charge in [-0.3, -0.25) is 4.99 Å². The van der Waals surface area contributed by atoms with Crippen LogP contribution in [-0.2, 0) is 12.8 Å². The molecule has 0 aliphatic carbocycles. The number of benzene rings is 2. The zero-order valence-electron chi connectivity index (χ0n) is 17.6. The summed E-state index contributed by atoms with van der Waals surface area (Å²) in [5.41, 5.74) is 10.5. The topological polar surface area (TPSA) is 81.8 Å². The summed E-state index contributed by atoms with van der Waals surface area (Å²) in [7, 11) is 3.27. The number of nitrogens with two attached hydrogens (primary N) is 1. The number of aromatic nitrogens is 1. The van der Waals surface area contributed by atoms with Crippen LogP contribution in [0.3, 0.4) is 0 Å². The molecule has 1 heterocycles. The summed E-state index contributed by atoms with van der Waals surface area (Å²) in [6, 6.07) is 14.4. The Morgan fingerprint density at radius 2 is 1.77 bits per heavy atom. The van der Waals surface area contributed by atoms with Crippen LogP contribution in [0.1, 0.15) is 16.1 Å². The zero-order valence-corrected chi connectivity index (χ0v) is 18.5. The van der Waals surface area contributed by atoms with E-state index in [4.69, 9.17) is 15.2 Å². The van der Waals surface area contributed by atoms with Gasteiger partial charge < -0.3 is 20.5 Å². The molecule has 3 aromatic rings. The lowest BCUT2D eigenvalue weighted by Gasteiger charge is -2.10. The summed E-state index contributed by atoms with van der Waals surface area (Å²) in [5, 5.41) is 6.33. The van der Waals surface area contributed by atoms with Crippen molar-refractivity contribution in [3.8, 4) is 22.8 Å². The summed E-state index contributed by atoms with van der Waals surface area (Å²) in [5.74, 6) is 1.92. The molecule has 3 N–H and O–H groups in total. The van der Waals surface area contributed by atoms with Crippen LogP contribution >= 0.6 is 11.3 Å². The van der Waals surface area contributed by atoms with Crippen LogP contribution in [0.25, 0.3) is 11.3 Å². The Kier molecular flexibility index (Phi) is 7.68. The molecule has 0 fully saturated rings. The first-order chi connectivity index (χ1) is 14.6. The third-order valence-corrected chi connectivity index (χ3v) is 5.49. The smallest absolute Gasteiger partial charge is 0.188 e. The Balaban J connectivity index is 1.43. The molecule has 0 saturated carbocycles. The number of nitrogens with zero attached hydrogens (tertiary/aromatic N) is 2. The van der Waals surface area contributed by atoms with Crippen LogP contribution in [0.15, 0.2) is 52.8 Å². The van der Waals surface area contributed by atoms with Crippen LogP contribution in [0.2, 0.25) is 0 Å². The number of hydrogen-bond acceptors (Lipinski definition) is 5. The fourth-order valence-corrected chi connectivity index (χ4v) is 3.69. The molecule has 0 unspecified atom stereocenters. The number of aryl methyl sites for hydroxylation is 1. The Labute approximate surface area is 181 Å². The predicted octanol–water partition coefficient (Wildman–Crippen LogP) is 3.83. The summed E-state index contributed by atoms with van der Waals surface area (Å²) >= 11 is 1.67. The van der Waals surface area contributed by atoms with Crippen LogP contribution in [0.5, 0.6) is 11.5 Å². The van der Waals surface area contributed by atoms with Gasteiger partial charge in [-0.15, -0.1) is 11.3 Å². The lowest BCUT2D eigenvalue weighted by atomic mass is 10.1. The molecule has 1 aromatic heterocycles. The van der Waals surface area contributed by atoms with Gasteiger partial charge in [-0.1, -0.05) is 30.3 Å². The van der Waals surface area contributed by atoms with Crippen molar-refractivity contribution in [3.63, 3.8) is 0 Å². The standard InChI is InChI=1S/C23H28N4O2S/c1-16-27-20(15-30-16)19-7-4-17(5-8-19)10-12-25-23(24)26-13-11-18-6-9-21(28-2)22(14-18)29-3/h4-9,14-15H,10-13H2,1-3H3,(H3,24,25,26). The van der Waals surface area contributed by atoms with E-state index in [9.17, 15) is 0 Å². The molecule has 0 amide bonds. The fraction of sp³-hybridized carbons (Fsp3) is 0.304. The molecule has 3 rings (SSSR count). The number of aliphatic imine (C=N–C) groups is 1. The third-order valence-electron chi connectivity index (χ3n) is 4.72. The maximum Gasteiger partial charge on any atom is 0.188 e. The first-order valence-electron chi connectivity index (χ1n) is 9.85. The highest BCUT2D eigenvalue weighted by Crippen LogP contribution is 2.27. The molecule has 0 spiro atoms. The minimum Gasteiger partial charge on any atom is -0.493 e. The summed E-state index contributed by atoms with van der Waals surface area (Å²) in [6.07, 6.45) is 1.66. The van der Waals surface area contributed by atoms with Crippen LogP contribution < -0.4 is 20.5 Å². The van der Waals surface area contributed by atoms with Crippen molar-refractivity contribution in [1.82, 2.24) is 10.3 Å². The number of guanidine groups is 1. The zero-order chi connectivity index (χ0) is 21.3. The molecule has 7 heteroatoms. The van der Waals surface area contributed by atoms with E-state index in [1.54, 1.807) is 25.6 Å². The van der Waals surface area contributed by atoms with Crippen molar-refractivity contribution in [1.29, 1.82) is 0 Å². The highest BCUT2D eigenvalue weighted by atomic mass is 32.1. The second-order valence-electron chi connectivity index (χ2n) is 6.83. The minimum atomic E-state index is 0.463. The number of nitrogens with one attached hydrogen (secondary N) is 1. The van der Waals surface area contributed by atoms with E-state index in [0.717, 1.165) is 46.2 Å². The highest BCUT2D eigenvalue weighted by molar-refractivity contribution is 7.09. The van der Waals surface area contributed by atoms with Crippen LogP contribution in [-0.4, -0.2) is 38.3 Å². The number of thiazole rings is 1. The average Bonchev–Trinajstić information content (AvgIpc) is 3.20. The van der Waals surface area contributed by atoms with Gasteiger partial charge >= 0.3 is 0 Å². The molecule has 0 aliphatic rings. The van der Waals surface area contributed by atoms with Crippen molar-refractivity contribution in [2.75, 3.05) is 27.3 Å². The fourth-order valence-electron chi connectivity index (χ4n) is 3.07. The molecule has 0 atom stereocenters. The summed E-state index contributed by atoms with van der Waals surface area (Å²) in [6.45, 7) is 3.36. The summed E-state index contributed by atoms with van der Waals surface area (Å²) in [4.78, 5) is 8.95. The van der Waals surface area contributed by atoms with E-state index in [1.807, 2.05) is 25.1 Å². The van der Waals surface area contributed by atoms with Gasteiger partial charge in [0.2, 0.25) is 0 Å². The van der Waals surface area contributed by atoms with Gasteiger partial charge in [0, 0.05) is 24.0 Å². The highest BCUT2D eigenvalue weighted by Gasteiger charge is 2.05. The van der Waals surface area contributed by atoms with Gasteiger partial charge in [-0.2, -0.15) is 0 Å². The monoisotopic (exact) mass is 424 g/mol. The molecule has 30 heavy (non-hydrogen) atoms. The first-order valence-corrected chi connectivity index (χ1v) is 10.7. The SMILES string of the molecule is COc1ccc(CCNC(N)=NCCc2ccc(-c3csc(C)n3)cc2)cc1OC. The Bertz CT molecular complexity index is 983. The molecule has 2 aromatic carbocycles. The van der Waals surface area contributed by atoms with Crippen molar-refractivity contribution in [3.05, 3.63) is 64.0 Å². The minimum absolute atomic E-state index is 0.463. The van der Waals surface area contributed by atoms with Crippen molar-refractivity contribution in [2.45, 2.75) is 19.8 Å². The van der Waals surface area contributed by atoms with Gasteiger partial charge in [0.25, 0.3) is 0 Å². The van der Waals surface area contributed by atoms with Gasteiger partial charge in [-0.05, 0) is 43.0 Å². The largest absolute Gasteiger partial charge is 0.493 e. The molecule has 0 saturated heterocycles. The molecule has 158 valence electrons. The molecular formula is C23H28N4O2S. The van der Waals surface area contributed by atoms with Crippen molar-refractivity contribution < 1.29 is 9.47 Å². The maximum absolute atomic E-state index is 5.99. The lowest BCUT2D eigenvalue weighted by molar-refractivity contribution is 0.354. The first kappa shape index (κ1) is 21.6.